The van der Waals surface area contributed by atoms with Crippen molar-refractivity contribution in [3.8, 4) is 0 Å². The van der Waals surface area contributed by atoms with E-state index in [2.05, 4.69) is 26.9 Å². The topological polar surface area (TPSA) is 46.3 Å². The molecule has 1 aromatic rings. The van der Waals surface area contributed by atoms with Crippen LogP contribution in [0.5, 0.6) is 0 Å². The van der Waals surface area contributed by atoms with E-state index >= 15 is 0 Å². The number of piperidine rings is 1. The summed E-state index contributed by atoms with van der Waals surface area (Å²) in [5.74, 6) is 0. The van der Waals surface area contributed by atoms with Gasteiger partial charge in [-0.2, -0.15) is 0 Å². The summed E-state index contributed by atoms with van der Waals surface area (Å²) in [5.41, 5.74) is 7.98. The van der Waals surface area contributed by atoms with Crippen LogP contribution in [-0.2, 0) is 11.3 Å². The van der Waals surface area contributed by atoms with Crippen molar-refractivity contribution < 1.29 is 4.79 Å². The lowest BCUT2D eigenvalue weighted by Crippen LogP contribution is -2.41. The molecule has 0 bridgehead atoms. The first kappa shape index (κ1) is 12.6. The first-order valence-corrected chi connectivity index (χ1v) is 6.76. The van der Waals surface area contributed by atoms with E-state index in [1.807, 2.05) is 12.1 Å². The molecule has 17 heavy (non-hydrogen) atoms. The van der Waals surface area contributed by atoms with Crippen LogP contribution in [0.4, 0.5) is 5.69 Å². The number of hydrogen-bond donors (Lipinski definition) is 1. The molecule has 2 rings (SSSR count). The first-order valence-electron chi connectivity index (χ1n) is 5.97. The summed E-state index contributed by atoms with van der Waals surface area (Å²) in [6.07, 6.45) is 4.27. The second-order valence-corrected chi connectivity index (χ2v) is 5.19. The lowest BCUT2D eigenvalue weighted by Gasteiger charge is -2.35. The van der Waals surface area contributed by atoms with Gasteiger partial charge in [0.25, 0.3) is 0 Å². The van der Waals surface area contributed by atoms with Crippen molar-refractivity contribution >= 4 is 27.9 Å². The molecule has 1 saturated heterocycles. The Hall–Kier alpha value is -0.870. The number of carbonyl (C=O) groups is 1. The minimum Gasteiger partial charge on any atom is -0.361 e. The second kappa shape index (κ2) is 5.65. The van der Waals surface area contributed by atoms with E-state index in [0.29, 0.717) is 6.54 Å². The largest absolute Gasteiger partial charge is 0.361 e. The van der Waals surface area contributed by atoms with Crippen LogP contribution in [0.2, 0.25) is 0 Å². The minimum absolute atomic E-state index is 0.00310. The fourth-order valence-electron chi connectivity index (χ4n) is 2.42. The zero-order chi connectivity index (χ0) is 12.3. The Bertz CT molecular complexity index is 408. The van der Waals surface area contributed by atoms with Gasteiger partial charge in [0.2, 0.25) is 0 Å². The monoisotopic (exact) mass is 296 g/mol. The molecule has 2 N–H and O–H groups in total. The van der Waals surface area contributed by atoms with Crippen LogP contribution in [0.1, 0.15) is 24.8 Å². The molecule has 0 amide bonds. The summed E-state index contributed by atoms with van der Waals surface area (Å²) < 4.78 is 1.02. The highest BCUT2D eigenvalue weighted by Gasteiger charge is 2.24. The van der Waals surface area contributed by atoms with Crippen LogP contribution in [0, 0.1) is 0 Å². The number of nitrogens with zero attached hydrogens (tertiary/aromatic N) is 1. The summed E-state index contributed by atoms with van der Waals surface area (Å²) in [6, 6.07) is 6.04. The molecule has 1 aliphatic heterocycles. The molecule has 92 valence electrons. The Morgan fingerprint density at radius 2 is 2.29 bits per heavy atom. The van der Waals surface area contributed by atoms with Crippen molar-refractivity contribution in [1.82, 2.24) is 0 Å². The maximum Gasteiger partial charge on any atom is 0.142 e. The SMILES string of the molecule is NCc1c(Br)cccc1N1CCCCC1C=O. The summed E-state index contributed by atoms with van der Waals surface area (Å²) >= 11 is 3.52. The lowest BCUT2D eigenvalue weighted by atomic mass is 10.0. The van der Waals surface area contributed by atoms with E-state index in [9.17, 15) is 4.79 Å². The molecule has 1 fully saturated rings. The lowest BCUT2D eigenvalue weighted by molar-refractivity contribution is -0.109. The third-order valence-electron chi connectivity index (χ3n) is 3.31. The van der Waals surface area contributed by atoms with E-state index in [4.69, 9.17) is 5.73 Å². The third kappa shape index (κ3) is 2.53. The minimum atomic E-state index is 0.00310. The van der Waals surface area contributed by atoms with E-state index in [1.54, 1.807) is 0 Å². The number of anilines is 1. The molecule has 3 nitrogen and oxygen atoms in total. The Morgan fingerprint density at radius 3 is 3.00 bits per heavy atom. The van der Waals surface area contributed by atoms with Crippen LogP contribution >= 0.6 is 15.9 Å². The average Bonchev–Trinajstić information content (AvgIpc) is 2.38. The van der Waals surface area contributed by atoms with Gasteiger partial charge in [0, 0.05) is 28.8 Å². The maximum absolute atomic E-state index is 11.1. The van der Waals surface area contributed by atoms with Gasteiger partial charge in [-0.3, -0.25) is 0 Å². The molecule has 1 aliphatic rings. The van der Waals surface area contributed by atoms with Crippen molar-refractivity contribution in [2.24, 2.45) is 5.73 Å². The van der Waals surface area contributed by atoms with Gasteiger partial charge in [-0.1, -0.05) is 22.0 Å². The van der Waals surface area contributed by atoms with Crippen LogP contribution in [0.3, 0.4) is 0 Å². The van der Waals surface area contributed by atoms with E-state index in [1.165, 1.54) is 0 Å². The first-order chi connectivity index (χ1) is 8.27. The van der Waals surface area contributed by atoms with E-state index < -0.39 is 0 Å². The number of halogens is 1. The highest BCUT2D eigenvalue weighted by Crippen LogP contribution is 2.31. The van der Waals surface area contributed by atoms with Gasteiger partial charge in [0.15, 0.2) is 0 Å². The Balaban J connectivity index is 2.37. The molecule has 1 heterocycles. The predicted octanol–water partition coefficient (Wildman–Crippen LogP) is 2.47. The number of rotatable bonds is 3. The molecular formula is C13H17BrN2O. The summed E-state index contributed by atoms with van der Waals surface area (Å²) in [6.45, 7) is 1.42. The van der Waals surface area contributed by atoms with Crippen molar-refractivity contribution in [2.75, 3.05) is 11.4 Å². The second-order valence-electron chi connectivity index (χ2n) is 4.33. The van der Waals surface area contributed by atoms with Crippen molar-refractivity contribution in [1.29, 1.82) is 0 Å². The number of benzene rings is 1. The standard InChI is InChI=1S/C13H17BrN2O/c14-12-5-3-6-13(11(12)8-15)16-7-2-1-4-10(16)9-17/h3,5-6,9-10H,1-2,4,7-8,15H2. The Morgan fingerprint density at radius 1 is 1.47 bits per heavy atom. The van der Waals surface area contributed by atoms with E-state index in [-0.39, 0.29) is 6.04 Å². The van der Waals surface area contributed by atoms with Gasteiger partial charge in [-0.05, 0) is 31.4 Å². The molecule has 1 unspecified atom stereocenters. The normalized spacial score (nSPS) is 20.4. The van der Waals surface area contributed by atoms with Gasteiger partial charge in [0.1, 0.15) is 6.29 Å². The number of nitrogens with two attached hydrogens (primary N) is 1. The highest BCUT2D eigenvalue weighted by molar-refractivity contribution is 9.10. The molecular weight excluding hydrogens is 280 g/mol. The van der Waals surface area contributed by atoms with Crippen molar-refractivity contribution in [3.05, 3.63) is 28.2 Å². The fourth-order valence-corrected chi connectivity index (χ4v) is 2.93. The zero-order valence-corrected chi connectivity index (χ0v) is 11.3. The van der Waals surface area contributed by atoms with Gasteiger partial charge in [-0.15, -0.1) is 0 Å². The maximum atomic E-state index is 11.1. The van der Waals surface area contributed by atoms with Crippen LogP contribution in [0.15, 0.2) is 22.7 Å². The quantitative estimate of drug-likeness (QED) is 0.872. The van der Waals surface area contributed by atoms with Gasteiger partial charge >= 0.3 is 0 Å². The van der Waals surface area contributed by atoms with Gasteiger partial charge in [-0.25, -0.2) is 0 Å². The van der Waals surface area contributed by atoms with Gasteiger partial charge < -0.3 is 15.4 Å². The summed E-state index contributed by atoms with van der Waals surface area (Å²) in [7, 11) is 0. The van der Waals surface area contributed by atoms with Crippen molar-refractivity contribution in [2.45, 2.75) is 31.8 Å². The molecule has 0 spiro atoms. The molecule has 0 aliphatic carbocycles. The average molecular weight is 297 g/mol. The Labute approximate surface area is 110 Å². The molecule has 0 aromatic heterocycles. The Kier molecular flexibility index (Phi) is 4.18. The molecule has 1 aromatic carbocycles. The molecule has 4 heteroatoms. The zero-order valence-electron chi connectivity index (χ0n) is 9.73. The smallest absolute Gasteiger partial charge is 0.142 e. The molecule has 0 radical (unpaired) electrons. The van der Waals surface area contributed by atoms with Crippen LogP contribution < -0.4 is 10.6 Å². The predicted molar refractivity (Wildman–Crippen MR) is 73.1 cm³/mol. The van der Waals surface area contributed by atoms with Crippen molar-refractivity contribution in [3.63, 3.8) is 0 Å². The molecule has 1 atom stereocenters. The number of aldehydes is 1. The van der Waals surface area contributed by atoms with E-state index in [0.717, 1.165) is 47.8 Å². The molecule has 0 saturated carbocycles. The highest BCUT2D eigenvalue weighted by atomic mass is 79.9. The number of carbonyl (C=O) groups excluding carboxylic acids is 1. The number of hydrogen-bond acceptors (Lipinski definition) is 3. The fraction of sp³-hybridized carbons (Fsp3) is 0.462. The summed E-state index contributed by atoms with van der Waals surface area (Å²) in [4.78, 5) is 13.3. The summed E-state index contributed by atoms with van der Waals surface area (Å²) in [5, 5.41) is 0. The third-order valence-corrected chi connectivity index (χ3v) is 4.06. The van der Waals surface area contributed by atoms with Crippen LogP contribution in [-0.4, -0.2) is 18.9 Å². The van der Waals surface area contributed by atoms with Crippen LogP contribution in [0.25, 0.3) is 0 Å². The van der Waals surface area contributed by atoms with Gasteiger partial charge in [0.05, 0.1) is 6.04 Å².